The summed E-state index contributed by atoms with van der Waals surface area (Å²) in [7, 11) is 0. The van der Waals surface area contributed by atoms with Gasteiger partial charge in [-0.15, -0.1) is 0 Å². The first-order chi connectivity index (χ1) is 14.5. The molecule has 0 aromatic carbocycles. The summed E-state index contributed by atoms with van der Waals surface area (Å²) in [4.78, 5) is 17.7. The van der Waals surface area contributed by atoms with Crippen LogP contribution in [-0.4, -0.2) is 35.8 Å². The molecule has 4 aliphatic rings. The molecule has 0 saturated heterocycles. The highest BCUT2D eigenvalue weighted by molar-refractivity contribution is 5.94. The van der Waals surface area contributed by atoms with Crippen molar-refractivity contribution in [1.29, 1.82) is 0 Å². The van der Waals surface area contributed by atoms with Gasteiger partial charge in [-0.1, -0.05) is 0 Å². The van der Waals surface area contributed by atoms with Crippen molar-refractivity contribution in [3.8, 4) is 11.3 Å². The second kappa shape index (κ2) is 6.40. The van der Waals surface area contributed by atoms with Crippen molar-refractivity contribution in [2.45, 2.75) is 64.5 Å². The molecule has 0 atom stereocenters. The van der Waals surface area contributed by atoms with Crippen molar-refractivity contribution in [3.05, 3.63) is 35.9 Å². The van der Waals surface area contributed by atoms with Crippen LogP contribution in [0.4, 0.5) is 0 Å². The van der Waals surface area contributed by atoms with Crippen LogP contribution in [0, 0.1) is 24.7 Å². The Morgan fingerprint density at radius 2 is 1.90 bits per heavy atom. The normalized spacial score (nSPS) is 29.6. The quantitative estimate of drug-likeness (QED) is 0.720. The van der Waals surface area contributed by atoms with Gasteiger partial charge in [0.1, 0.15) is 0 Å². The first-order valence-electron chi connectivity index (χ1n) is 11.2. The molecule has 0 spiro atoms. The molecule has 4 bridgehead atoms. The first kappa shape index (κ1) is 18.1. The van der Waals surface area contributed by atoms with Crippen LogP contribution >= 0.6 is 0 Å². The molecule has 0 aliphatic heterocycles. The Bertz CT molecular complexity index is 1110. The van der Waals surface area contributed by atoms with Gasteiger partial charge in [0.05, 0.1) is 11.9 Å². The molecule has 4 aliphatic carbocycles. The Hall–Kier alpha value is -2.70. The molecule has 1 N–H and O–H groups in total. The van der Waals surface area contributed by atoms with E-state index in [1.54, 1.807) is 16.8 Å². The van der Waals surface area contributed by atoms with Gasteiger partial charge in [0.25, 0.3) is 5.91 Å². The zero-order chi connectivity index (χ0) is 20.5. The minimum atomic E-state index is -0.0608. The van der Waals surface area contributed by atoms with Gasteiger partial charge in [-0.2, -0.15) is 10.2 Å². The topological polar surface area (TPSA) is 77.1 Å². The molecule has 1 amide bonds. The van der Waals surface area contributed by atoms with E-state index in [2.05, 4.69) is 34.3 Å². The lowest BCUT2D eigenvalue weighted by Crippen LogP contribution is -2.59. The van der Waals surface area contributed by atoms with Crippen molar-refractivity contribution in [2.24, 2.45) is 17.8 Å². The number of fused-ring (bicyclic) bond motifs is 1. The minimum Gasteiger partial charge on any atom is -0.345 e. The highest BCUT2D eigenvalue weighted by Gasteiger charge is 2.51. The fraction of sp³-hybridized carbons (Fsp3) is 0.565. The van der Waals surface area contributed by atoms with E-state index in [0.29, 0.717) is 11.3 Å². The summed E-state index contributed by atoms with van der Waals surface area (Å²) < 4.78 is 3.74. The molecule has 0 radical (unpaired) electrons. The van der Waals surface area contributed by atoms with Gasteiger partial charge in [0.2, 0.25) is 0 Å². The van der Waals surface area contributed by atoms with Gasteiger partial charge in [0.15, 0.2) is 11.3 Å². The van der Waals surface area contributed by atoms with Crippen molar-refractivity contribution in [1.82, 2.24) is 29.7 Å². The van der Waals surface area contributed by atoms with Crippen LogP contribution in [0.5, 0.6) is 0 Å². The number of amides is 1. The Balaban J connectivity index is 1.33. The molecular weight excluding hydrogens is 376 g/mol. The van der Waals surface area contributed by atoms with E-state index in [9.17, 15) is 4.79 Å². The molecule has 156 valence electrons. The van der Waals surface area contributed by atoms with Crippen molar-refractivity contribution in [2.75, 3.05) is 0 Å². The Kier molecular flexibility index (Phi) is 3.86. The third-order valence-corrected chi connectivity index (χ3v) is 7.69. The van der Waals surface area contributed by atoms with Crippen LogP contribution in [0.15, 0.2) is 24.5 Å². The van der Waals surface area contributed by atoms with E-state index in [1.165, 1.54) is 19.3 Å². The maximum absolute atomic E-state index is 13.2. The molecule has 3 aromatic rings. The lowest BCUT2D eigenvalue weighted by molar-refractivity contribution is -0.0167. The zero-order valence-corrected chi connectivity index (χ0v) is 17.6. The summed E-state index contributed by atoms with van der Waals surface area (Å²) in [6.07, 6.45) is 11.1. The lowest BCUT2D eigenvalue weighted by atomic mass is 9.53. The van der Waals surface area contributed by atoms with Crippen molar-refractivity contribution >= 4 is 11.6 Å². The third kappa shape index (κ3) is 2.71. The molecule has 7 rings (SSSR count). The van der Waals surface area contributed by atoms with Gasteiger partial charge in [-0.25, -0.2) is 9.50 Å². The SMILES string of the molecule is CCn1ncc(-c2ccnc3cc(C(=O)NC45CC6CC(CC(C6)C4)C5)nn23)c1C. The predicted octanol–water partition coefficient (Wildman–Crippen LogP) is 3.62. The number of aryl methyl sites for hydroxylation is 1. The van der Waals surface area contributed by atoms with E-state index in [0.717, 1.165) is 60.5 Å². The molecular formula is C23H28N6O. The number of hydrogen-bond acceptors (Lipinski definition) is 4. The molecule has 4 saturated carbocycles. The van der Waals surface area contributed by atoms with Gasteiger partial charge in [-0.3, -0.25) is 9.48 Å². The molecule has 7 nitrogen and oxygen atoms in total. The summed E-state index contributed by atoms with van der Waals surface area (Å²) in [6, 6.07) is 3.74. The summed E-state index contributed by atoms with van der Waals surface area (Å²) in [5, 5.41) is 12.6. The van der Waals surface area contributed by atoms with Gasteiger partial charge < -0.3 is 5.32 Å². The van der Waals surface area contributed by atoms with Crippen LogP contribution in [-0.2, 0) is 6.54 Å². The van der Waals surface area contributed by atoms with E-state index < -0.39 is 0 Å². The van der Waals surface area contributed by atoms with Gasteiger partial charge in [0, 0.05) is 35.6 Å². The average molecular weight is 405 g/mol. The molecule has 3 aromatic heterocycles. The summed E-state index contributed by atoms with van der Waals surface area (Å²) >= 11 is 0. The number of rotatable bonds is 4. The number of carbonyl (C=O) groups is 1. The smallest absolute Gasteiger partial charge is 0.272 e. The fourth-order valence-corrected chi connectivity index (χ4v) is 6.80. The van der Waals surface area contributed by atoms with E-state index in [-0.39, 0.29) is 11.4 Å². The molecule has 4 fully saturated rings. The van der Waals surface area contributed by atoms with Crippen LogP contribution in [0.1, 0.15) is 61.6 Å². The zero-order valence-electron chi connectivity index (χ0n) is 17.6. The number of aromatic nitrogens is 5. The average Bonchev–Trinajstić information content (AvgIpc) is 3.30. The first-order valence-corrected chi connectivity index (χ1v) is 11.2. The van der Waals surface area contributed by atoms with E-state index in [1.807, 2.05) is 16.9 Å². The fourth-order valence-electron chi connectivity index (χ4n) is 6.80. The standard InChI is InChI=1S/C23H28N6O/c1-3-28-14(2)18(13-25-28)20-4-5-24-21-9-19(27-29(20)21)22(30)26-23-10-15-6-16(11-23)8-17(7-15)12-23/h4-5,9,13,15-17H,3,6-8,10-12H2,1-2H3,(H,26,30). The number of nitrogens with zero attached hydrogens (tertiary/aromatic N) is 5. The highest BCUT2D eigenvalue weighted by Crippen LogP contribution is 2.55. The Morgan fingerprint density at radius 3 is 2.53 bits per heavy atom. The summed E-state index contributed by atoms with van der Waals surface area (Å²) in [6.45, 7) is 4.95. The van der Waals surface area contributed by atoms with Gasteiger partial charge in [-0.05, 0) is 76.2 Å². The second-order valence-corrected chi connectivity index (χ2v) is 9.74. The van der Waals surface area contributed by atoms with Crippen molar-refractivity contribution in [3.63, 3.8) is 0 Å². The molecule has 0 unspecified atom stereocenters. The predicted molar refractivity (Wildman–Crippen MR) is 113 cm³/mol. The third-order valence-electron chi connectivity index (χ3n) is 7.69. The van der Waals surface area contributed by atoms with E-state index >= 15 is 0 Å². The minimum absolute atomic E-state index is 0.0171. The summed E-state index contributed by atoms with van der Waals surface area (Å²) in [5.41, 5.74) is 4.13. The maximum Gasteiger partial charge on any atom is 0.272 e. The monoisotopic (exact) mass is 404 g/mol. The largest absolute Gasteiger partial charge is 0.345 e. The number of hydrogen-bond donors (Lipinski definition) is 1. The summed E-state index contributed by atoms with van der Waals surface area (Å²) in [5.74, 6) is 2.33. The molecule has 7 heteroatoms. The molecule has 3 heterocycles. The van der Waals surface area contributed by atoms with E-state index in [4.69, 9.17) is 0 Å². The van der Waals surface area contributed by atoms with Gasteiger partial charge >= 0.3 is 0 Å². The van der Waals surface area contributed by atoms with Crippen LogP contribution in [0.2, 0.25) is 0 Å². The Morgan fingerprint density at radius 1 is 1.20 bits per heavy atom. The van der Waals surface area contributed by atoms with Crippen LogP contribution in [0.3, 0.4) is 0 Å². The van der Waals surface area contributed by atoms with Crippen LogP contribution in [0.25, 0.3) is 16.9 Å². The number of carbonyl (C=O) groups excluding carboxylic acids is 1. The Labute approximate surface area is 175 Å². The maximum atomic E-state index is 13.2. The molecule has 30 heavy (non-hydrogen) atoms. The van der Waals surface area contributed by atoms with Crippen LogP contribution < -0.4 is 5.32 Å². The second-order valence-electron chi connectivity index (χ2n) is 9.74. The number of nitrogens with one attached hydrogen (secondary N) is 1. The van der Waals surface area contributed by atoms with Crippen molar-refractivity contribution < 1.29 is 4.79 Å². The lowest BCUT2D eigenvalue weighted by Gasteiger charge is -2.56. The highest BCUT2D eigenvalue weighted by atomic mass is 16.2.